The van der Waals surface area contributed by atoms with Gasteiger partial charge < -0.3 is 15.0 Å². The van der Waals surface area contributed by atoms with Gasteiger partial charge in [0.25, 0.3) is 5.91 Å². The highest BCUT2D eigenvalue weighted by molar-refractivity contribution is 5.92. The maximum absolute atomic E-state index is 12.1. The third-order valence-electron chi connectivity index (χ3n) is 3.64. The molecule has 1 N–H and O–H groups in total. The summed E-state index contributed by atoms with van der Waals surface area (Å²) in [5.41, 5.74) is 1.14. The predicted octanol–water partition coefficient (Wildman–Crippen LogP) is 1.01. The molecule has 138 valence electrons. The number of aromatic nitrogens is 2. The Morgan fingerprint density at radius 1 is 1.19 bits per heavy atom. The van der Waals surface area contributed by atoms with E-state index in [-0.39, 0.29) is 12.5 Å². The van der Waals surface area contributed by atoms with Crippen molar-refractivity contribution < 1.29 is 19.1 Å². The molecule has 1 heterocycles. The van der Waals surface area contributed by atoms with Gasteiger partial charge in [0, 0.05) is 25.5 Å². The van der Waals surface area contributed by atoms with Gasteiger partial charge in [0.2, 0.25) is 5.91 Å². The molecule has 2 rings (SSSR count). The van der Waals surface area contributed by atoms with Crippen LogP contribution in [0.4, 0.5) is 0 Å². The summed E-state index contributed by atoms with van der Waals surface area (Å²) >= 11 is 0. The van der Waals surface area contributed by atoms with Crippen LogP contribution in [-0.4, -0.2) is 58.7 Å². The fourth-order valence-electron chi connectivity index (χ4n) is 2.28. The van der Waals surface area contributed by atoms with Crippen molar-refractivity contribution in [2.24, 2.45) is 0 Å². The Labute approximate surface area is 151 Å². The minimum absolute atomic E-state index is 0.0563. The predicted molar refractivity (Wildman–Crippen MR) is 94.8 cm³/mol. The SMILES string of the molecule is CCNC(=O)CN(CC)C(=O)COC(=O)c1ccc(-n2cccn2)cc1. The van der Waals surface area contributed by atoms with Gasteiger partial charge in [-0.3, -0.25) is 9.59 Å². The Balaban J connectivity index is 1.88. The molecule has 1 aromatic carbocycles. The molecule has 0 radical (unpaired) electrons. The smallest absolute Gasteiger partial charge is 0.338 e. The van der Waals surface area contributed by atoms with Gasteiger partial charge in [0.15, 0.2) is 6.61 Å². The molecule has 8 nitrogen and oxygen atoms in total. The van der Waals surface area contributed by atoms with E-state index in [2.05, 4.69) is 10.4 Å². The first-order valence-electron chi connectivity index (χ1n) is 8.36. The van der Waals surface area contributed by atoms with E-state index in [9.17, 15) is 14.4 Å². The molecular weight excluding hydrogens is 336 g/mol. The number of rotatable bonds is 8. The Hall–Kier alpha value is -3.16. The quantitative estimate of drug-likeness (QED) is 0.711. The monoisotopic (exact) mass is 358 g/mol. The third-order valence-corrected chi connectivity index (χ3v) is 3.64. The van der Waals surface area contributed by atoms with E-state index in [0.717, 1.165) is 5.69 Å². The van der Waals surface area contributed by atoms with Crippen LogP contribution in [0.1, 0.15) is 24.2 Å². The molecular formula is C18H22N4O4. The number of esters is 1. The Kier molecular flexibility index (Phi) is 6.90. The van der Waals surface area contributed by atoms with Gasteiger partial charge in [-0.2, -0.15) is 5.10 Å². The summed E-state index contributed by atoms with van der Waals surface area (Å²) in [5, 5.41) is 6.73. The number of nitrogens with one attached hydrogen (secondary N) is 1. The fraction of sp³-hybridized carbons (Fsp3) is 0.333. The number of ether oxygens (including phenoxy) is 1. The van der Waals surface area contributed by atoms with Gasteiger partial charge >= 0.3 is 5.97 Å². The highest BCUT2D eigenvalue weighted by Gasteiger charge is 2.17. The first kappa shape index (κ1) is 19.2. The summed E-state index contributed by atoms with van der Waals surface area (Å²) in [6.07, 6.45) is 3.45. The van der Waals surface area contributed by atoms with Crippen molar-refractivity contribution in [3.63, 3.8) is 0 Å². The van der Waals surface area contributed by atoms with Gasteiger partial charge in [0.1, 0.15) is 0 Å². The highest BCUT2D eigenvalue weighted by atomic mass is 16.5. The van der Waals surface area contributed by atoms with Gasteiger partial charge in [-0.1, -0.05) is 0 Å². The number of carbonyl (C=O) groups is 3. The molecule has 0 atom stereocenters. The third kappa shape index (κ3) is 5.17. The van der Waals surface area contributed by atoms with E-state index in [1.165, 1.54) is 4.90 Å². The average Bonchev–Trinajstić information content (AvgIpc) is 3.19. The van der Waals surface area contributed by atoms with Crippen LogP contribution in [0.25, 0.3) is 5.69 Å². The van der Waals surface area contributed by atoms with E-state index < -0.39 is 18.5 Å². The standard InChI is InChI=1S/C18H22N4O4/c1-3-19-16(23)12-21(4-2)17(24)13-26-18(25)14-6-8-15(9-7-14)22-11-5-10-20-22/h5-11H,3-4,12-13H2,1-2H3,(H,19,23). The molecule has 0 unspecified atom stereocenters. The normalized spacial score (nSPS) is 10.2. The lowest BCUT2D eigenvalue weighted by molar-refractivity contribution is -0.138. The first-order valence-corrected chi connectivity index (χ1v) is 8.36. The summed E-state index contributed by atoms with van der Waals surface area (Å²) in [6.45, 7) is 3.94. The topological polar surface area (TPSA) is 93.5 Å². The molecule has 1 aromatic heterocycles. The van der Waals surface area contributed by atoms with Crippen LogP contribution in [0.3, 0.4) is 0 Å². The summed E-state index contributed by atoms with van der Waals surface area (Å²) in [7, 11) is 0. The van der Waals surface area contributed by atoms with E-state index in [1.54, 1.807) is 61.3 Å². The minimum atomic E-state index is -0.598. The van der Waals surface area contributed by atoms with E-state index in [4.69, 9.17) is 4.74 Å². The Morgan fingerprint density at radius 2 is 1.92 bits per heavy atom. The van der Waals surface area contributed by atoms with E-state index in [0.29, 0.717) is 18.7 Å². The second-order valence-electron chi connectivity index (χ2n) is 5.44. The van der Waals surface area contributed by atoms with E-state index >= 15 is 0 Å². The summed E-state index contributed by atoms with van der Waals surface area (Å²) in [4.78, 5) is 37.1. The lowest BCUT2D eigenvalue weighted by Gasteiger charge is -2.20. The van der Waals surface area contributed by atoms with Gasteiger partial charge in [-0.15, -0.1) is 0 Å². The molecule has 0 bridgehead atoms. The van der Waals surface area contributed by atoms with Crippen LogP contribution in [-0.2, 0) is 14.3 Å². The fourth-order valence-corrected chi connectivity index (χ4v) is 2.28. The zero-order valence-electron chi connectivity index (χ0n) is 14.8. The van der Waals surface area contributed by atoms with Crippen molar-refractivity contribution >= 4 is 17.8 Å². The lowest BCUT2D eigenvalue weighted by Crippen LogP contribution is -2.42. The number of amides is 2. The number of nitrogens with zero attached hydrogens (tertiary/aromatic N) is 3. The second-order valence-corrected chi connectivity index (χ2v) is 5.44. The molecule has 0 aliphatic carbocycles. The molecule has 0 aliphatic rings. The molecule has 0 saturated carbocycles. The van der Waals surface area contributed by atoms with Crippen molar-refractivity contribution in [2.75, 3.05) is 26.2 Å². The zero-order valence-corrected chi connectivity index (χ0v) is 14.8. The van der Waals surface area contributed by atoms with Crippen LogP contribution in [0.15, 0.2) is 42.7 Å². The molecule has 2 amide bonds. The van der Waals surface area contributed by atoms with Crippen molar-refractivity contribution in [2.45, 2.75) is 13.8 Å². The average molecular weight is 358 g/mol. The maximum Gasteiger partial charge on any atom is 0.338 e. The van der Waals surface area contributed by atoms with Crippen LogP contribution < -0.4 is 5.32 Å². The van der Waals surface area contributed by atoms with E-state index in [1.807, 2.05) is 0 Å². The summed E-state index contributed by atoms with van der Waals surface area (Å²) < 4.78 is 6.73. The second kappa shape index (κ2) is 9.36. The summed E-state index contributed by atoms with van der Waals surface area (Å²) in [6, 6.07) is 8.48. The molecule has 8 heteroatoms. The van der Waals surface area contributed by atoms with Gasteiger partial charge in [-0.05, 0) is 44.2 Å². The number of hydrogen-bond donors (Lipinski definition) is 1. The Bertz CT molecular complexity index is 741. The molecule has 0 fully saturated rings. The largest absolute Gasteiger partial charge is 0.452 e. The zero-order chi connectivity index (χ0) is 18.9. The van der Waals surface area contributed by atoms with Crippen LogP contribution >= 0.6 is 0 Å². The lowest BCUT2D eigenvalue weighted by atomic mass is 10.2. The van der Waals surface area contributed by atoms with Crippen molar-refractivity contribution in [3.8, 4) is 5.69 Å². The summed E-state index contributed by atoms with van der Waals surface area (Å²) in [5.74, 6) is -1.26. The molecule has 0 saturated heterocycles. The number of benzene rings is 1. The number of hydrogen-bond acceptors (Lipinski definition) is 5. The van der Waals surface area contributed by atoms with Gasteiger partial charge in [0.05, 0.1) is 17.8 Å². The Morgan fingerprint density at radius 3 is 2.50 bits per heavy atom. The molecule has 0 aliphatic heterocycles. The highest BCUT2D eigenvalue weighted by Crippen LogP contribution is 2.09. The van der Waals surface area contributed by atoms with Crippen LogP contribution in [0.5, 0.6) is 0 Å². The number of carbonyl (C=O) groups excluding carboxylic acids is 3. The first-order chi connectivity index (χ1) is 12.5. The van der Waals surface area contributed by atoms with Crippen molar-refractivity contribution in [1.29, 1.82) is 0 Å². The molecule has 26 heavy (non-hydrogen) atoms. The van der Waals surface area contributed by atoms with Crippen LogP contribution in [0.2, 0.25) is 0 Å². The molecule has 0 spiro atoms. The van der Waals surface area contributed by atoms with Gasteiger partial charge in [-0.25, -0.2) is 9.48 Å². The molecule has 2 aromatic rings. The van der Waals surface area contributed by atoms with Crippen molar-refractivity contribution in [3.05, 3.63) is 48.3 Å². The maximum atomic E-state index is 12.1. The van der Waals surface area contributed by atoms with Crippen LogP contribution in [0, 0.1) is 0 Å². The number of likely N-dealkylation sites (N-methyl/N-ethyl adjacent to an activating group) is 2. The minimum Gasteiger partial charge on any atom is -0.452 e. The van der Waals surface area contributed by atoms with Crippen molar-refractivity contribution in [1.82, 2.24) is 20.0 Å².